The van der Waals surface area contributed by atoms with Crippen molar-refractivity contribution < 1.29 is 4.79 Å². The molecule has 0 atom stereocenters. The fraction of sp³-hybridized carbons (Fsp3) is 0.462. The van der Waals surface area contributed by atoms with Crippen molar-refractivity contribution in [3.63, 3.8) is 0 Å². The van der Waals surface area contributed by atoms with Crippen molar-refractivity contribution in [2.75, 3.05) is 0 Å². The summed E-state index contributed by atoms with van der Waals surface area (Å²) in [7, 11) is 0. The molecular formula is C13H15NO. The Balaban J connectivity index is 2.42. The van der Waals surface area contributed by atoms with Crippen LogP contribution in [0.1, 0.15) is 35.1 Å². The van der Waals surface area contributed by atoms with Crippen molar-refractivity contribution in [2.45, 2.75) is 39.2 Å². The molecule has 0 aromatic heterocycles. The average Bonchev–Trinajstić information content (AvgIpc) is 2.29. The molecule has 0 saturated heterocycles. The van der Waals surface area contributed by atoms with Gasteiger partial charge in [0.1, 0.15) is 0 Å². The Kier molecular flexibility index (Phi) is 2.98. The predicted molar refractivity (Wildman–Crippen MR) is 59.6 cm³/mol. The predicted octanol–water partition coefficient (Wildman–Crippen LogP) is 2.71. The van der Waals surface area contributed by atoms with Crippen LogP contribution in [0.5, 0.6) is 0 Å². The standard InChI is InChI=1S/C13H15NO/c1-10-6-7-11(8-14-9-15)13-5-3-2-4-12(10)13/h6-7H,2-5,8H2,1H3. The van der Waals surface area contributed by atoms with Crippen LogP contribution in [-0.4, -0.2) is 6.08 Å². The van der Waals surface area contributed by atoms with Crippen LogP contribution in [0.3, 0.4) is 0 Å². The monoisotopic (exact) mass is 201 g/mol. The molecule has 2 heteroatoms. The van der Waals surface area contributed by atoms with E-state index in [1.54, 1.807) is 6.08 Å². The maximum absolute atomic E-state index is 10.1. The first-order valence-corrected chi connectivity index (χ1v) is 5.47. The van der Waals surface area contributed by atoms with Crippen molar-refractivity contribution in [3.05, 3.63) is 34.4 Å². The fourth-order valence-electron chi connectivity index (χ4n) is 2.39. The van der Waals surface area contributed by atoms with E-state index in [1.165, 1.54) is 41.5 Å². The van der Waals surface area contributed by atoms with Gasteiger partial charge in [-0.1, -0.05) is 12.1 Å². The van der Waals surface area contributed by atoms with Crippen molar-refractivity contribution in [1.82, 2.24) is 0 Å². The summed E-state index contributed by atoms with van der Waals surface area (Å²) in [6.45, 7) is 2.66. The van der Waals surface area contributed by atoms with E-state index in [1.807, 2.05) is 0 Å². The first kappa shape index (κ1) is 10.1. The molecule has 1 aliphatic rings. The second-order valence-electron chi connectivity index (χ2n) is 4.11. The molecule has 78 valence electrons. The molecule has 0 unspecified atom stereocenters. The number of fused-ring (bicyclic) bond motifs is 1. The number of aliphatic imine (C=N–C) groups is 1. The van der Waals surface area contributed by atoms with E-state index in [0.29, 0.717) is 6.54 Å². The molecule has 0 aliphatic heterocycles. The van der Waals surface area contributed by atoms with E-state index in [-0.39, 0.29) is 0 Å². The third kappa shape index (κ3) is 2.00. The lowest BCUT2D eigenvalue weighted by molar-refractivity contribution is 0.562. The molecule has 0 spiro atoms. The molecule has 15 heavy (non-hydrogen) atoms. The third-order valence-corrected chi connectivity index (χ3v) is 3.18. The van der Waals surface area contributed by atoms with Gasteiger partial charge in [-0.15, -0.1) is 0 Å². The van der Waals surface area contributed by atoms with Gasteiger partial charge in [0.05, 0.1) is 6.54 Å². The van der Waals surface area contributed by atoms with E-state index >= 15 is 0 Å². The van der Waals surface area contributed by atoms with E-state index in [9.17, 15) is 4.79 Å². The zero-order valence-electron chi connectivity index (χ0n) is 9.05. The van der Waals surface area contributed by atoms with E-state index in [4.69, 9.17) is 0 Å². The number of isocyanates is 1. The van der Waals surface area contributed by atoms with Crippen LogP contribution in [0, 0.1) is 6.92 Å². The fourth-order valence-corrected chi connectivity index (χ4v) is 2.39. The molecule has 1 aliphatic carbocycles. The van der Waals surface area contributed by atoms with Gasteiger partial charge in [-0.3, -0.25) is 0 Å². The van der Waals surface area contributed by atoms with Crippen LogP contribution in [0.2, 0.25) is 0 Å². The Labute approximate surface area is 90.0 Å². The molecule has 0 heterocycles. The molecule has 0 saturated carbocycles. The maximum Gasteiger partial charge on any atom is 0.235 e. The largest absolute Gasteiger partial charge is 0.235 e. The summed E-state index contributed by atoms with van der Waals surface area (Å²) in [5.41, 5.74) is 5.50. The molecule has 0 amide bonds. The first-order chi connectivity index (χ1) is 7.33. The highest BCUT2D eigenvalue weighted by Gasteiger charge is 2.14. The molecule has 0 bridgehead atoms. The Morgan fingerprint density at radius 3 is 2.73 bits per heavy atom. The second kappa shape index (κ2) is 4.41. The van der Waals surface area contributed by atoms with Crippen molar-refractivity contribution in [3.8, 4) is 0 Å². The molecule has 1 aromatic carbocycles. The number of hydrogen-bond donors (Lipinski definition) is 0. The maximum atomic E-state index is 10.1. The van der Waals surface area contributed by atoms with Gasteiger partial charge in [0.2, 0.25) is 6.08 Å². The van der Waals surface area contributed by atoms with Crippen LogP contribution in [0.25, 0.3) is 0 Å². The first-order valence-electron chi connectivity index (χ1n) is 5.47. The number of rotatable bonds is 2. The van der Waals surface area contributed by atoms with Gasteiger partial charge < -0.3 is 0 Å². The Bertz CT molecular complexity index is 417. The Morgan fingerprint density at radius 2 is 2.00 bits per heavy atom. The minimum absolute atomic E-state index is 0.492. The minimum atomic E-state index is 0.492. The zero-order valence-corrected chi connectivity index (χ0v) is 9.05. The highest BCUT2D eigenvalue weighted by Crippen LogP contribution is 2.27. The highest BCUT2D eigenvalue weighted by molar-refractivity contribution is 5.43. The van der Waals surface area contributed by atoms with Gasteiger partial charge in [-0.2, -0.15) is 0 Å². The normalized spacial score (nSPS) is 14.2. The van der Waals surface area contributed by atoms with Crippen molar-refractivity contribution in [1.29, 1.82) is 0 Å². The number of carbonyl (C=O) groups excluding carboxylic acids is 1. The van der Waals surface area contributed by atoms with Crippen LogP contribution in [-0.2, 0) is 24.2 Å². The van der Waals surface area contributed by atoms with Gasteiger partial charge >= 0.3 is 0 Å². The Hall–Kier alpha value is -1.40. The number of aryl methyl sites for hydroxylation is 1. The number of hydrogen-bond acceptors (Lipinski definition) is 2. The van der Waals surface area contributed by atoms with Crippen LogP contribution < -0.4 is 0 Å². The smallest absolute Gasteiger partial charge is 0.211 e. The summed E-state index contributed by atoms with van der Waals surface area (Å²) < 4.78 is 0. The quantitative estimate of drug-likeness (QED) is 0.534. The van der Waals surface area contributed by atoms with Gasteiger partial charge in [0.15, 0.2) is 0 Å². The zero-order chi connectivity index (χ0) is 10.7. The van der Waals surface area contributed by atoms with Crippen LogP contribution >= 0.6 is 0 Å². The molecule has 2 nitrogen and oxygen atoms in total. The summed E-state index contributed by atoms with van der Waals surface area (Å²) in [6.07, 6.45) is 6.48. The van der Waals surface area contributed by atoms with E-state index < -0.39 is 0 Å². The van der Waals surface area contributed by atoms with Crippen molar-refractivity contribution in [2.24, 2.45) is 4.99 Å². The molecule has 1 aromatic rings. The van der Waals surface area contributed by atoms with Gasteiger partial charge in [-0.05, 0) is 54.9 Å². The molecule has 2 rings (SSSR count). The van der Waals surface area contributed by atoms with Crippen LogP contribution in [0.15, 0.2) is 17.1 Å². The summed E-state index contributed by atoms with van der Waals surface area (Å²) in [5, 5.41) is 0. The lowest BCUT2D eigenvalue weighted by atomic mass is 9.85. The minimum Gasteiger partial charge on any atom is -0.211 e. The second-order valence-corrected chi connectivity index (χ2v) is 4.11. The summed E-state index contributed by atoms with van der Waals surface area (Å²) in [6, 6.07) is 4.24. The molecule has 0 radical (unpaired) electrons. The molecule has 0 N–H and O–H groups in total. The van der Waals surface area contributed by atoms with Crippen molar-refractivity contribution >= 4 is 6.08 Å². The SMILES string of the molecule is Cc1ccc(CN=C=O)c2c1CCCC2. The summed E-state index contributed by atoms with van der Waals surface area (Å²) in [4.78, 5) is 13.8. The molecule has 0 fully saturated rings. The average molecular weight is 201 g/mol. The lowest BCUT2D eigenvalue weighted by Gasteiger charge is -2.20. The number of nitrogens with zero attached hydrogens (tertiary/aromatic N) is 1. The highest BCUT2D eigenvalue weighted by atomic mass is 16.1. The van der Waals surface area contributed by atoms with E-state index in [2.05, 4.69) is 24.0 Å². The van der Waals surface area contributed by atoms with Gasteiger partial charge in [0, 0.05) is 0 Å². The van der Waals surface area contributed by atoms with Gasteiger partial charge in [-0.25, -0.2) is 9.79 Å². The number of benzene rings is 1. The van der Waals surface area contributed by atoms with Gasteiger partial charge in [0.25, 0.3) is 0 Å². The molecular weight excluding hydrogens is 186 g/mol. The Morgan fingerprint density at radius 1 is 1.27 bits per heavy atom. The topological polar surface area (TPSA) is 29.4 Å². The third-order valence-electron chi connectivity index (χ3n) is 3.18. The van der Waals surface area contributed by atoms with Crippen LogP contribution in [0.4, 0.5) is 0 Å². The lowest BCUT2D eigenvalue weighted by Crippen LogP contribution is -2.08. The summed E-state index contributed by atoms with van der Waals surface area (Å²) >= 11 is 0. The summed E-state index contributed by atoms with van der Waals surface area (Å²) in [5.74, 6) is 0. The van der Waals surface area contributed by atoms with E-state index in [0.717, 1.165) is 6.42 Å².